The molecule has 1 fully saturated rings. The summed E-state index contributed by atoms with van der Waals surface area (Å²) in [5.41, 5.74) is 0.315. The Morgan fingerprint density at radius 2 is 1.55 bits per heavy atom. The molecule has 0 radical (unpaired) electrons. The number of hydrogen-bond acceptors (Lipinski definition) is 7. The Balaban J connectivity index is 1.85. The highest BCUT2D eigenvalue weighted by Crippen LogP contribution is 2.27. The Morgan fingerprint density at radius 3 is 2.10 bits per heavy atom. The van der Waals surface area contributed by atoms with Gasteiger partial charge in [0.2, 0.25) is 20.0 Å². The first-order valence-electron chi connectivity index (χ1n) is 8.90. The molecule has 0 saturated carbocycles. The summed E-state index contributed by atoms with van der Waals surface area (Å²) < 4.78 is 81.1. The highest BCUT2D eigenvalue weighted by atomic mass is 32.2. The minimum atomic E-state index is -4.05. The van der Waals surface area contributed by atoms with Crippen molar-refractivity contribution in [3.63, 3.8) is 0 Å². The van der Waals surface area contributed by atoms with E-state index in [0.29, 0.717) is 11.8 Å². The summed E-state index contributed by atoms with van der Waals surface area (Å²) in [6.45, 7) is 0.307. The van der Waals surface area contributed by atoms with Crippen LogP contribution in [-0.4, -0.2) is 60.4 Å². The van der Waals surface area contributed by atoms with E-state index in [2.05, 4.69) is 0 Å². The number of carbonyl (C=O) groups is 1. The number of anilines is 1. The average molecular weight is 475 g/mol. The predicted octanol–water partition coefficient (Wildman–Crippen LogP) is 0.910. The molecule has 2 N–H and O–H groups in total. The largest absolute Gasteiger partial charge is 0.465 e. The highest BCUT2D eigenvalue weighted by molar-refractivity contribution is 7.89. The number of carbonyl (C=O) groups excluding carboxylic acids is 1. The second kappa shape index (κ2) is 8.49. The molecule has 9 nitrogen and oxygen atoms in total. The van der Waals surface area contributed by atoms with Crippen LogP contribution >= 0.6 is 0 Å². The van der Waals surface area contributed by atoms with Crippen molar-refractivity contribution in [1.82, 2.24) is 4.31 Å². The lowest BCUT2D eigenvalue weighted by Crippen LogP contribution is -2.49. The smallest absolute Gasteiger partial charge is 0.340 e. The molecule has 1 heterocycles. The van der Waals surface area contributed by atoms with Crippen LogP contribution in [0.5, 0.6) is 0 Å². The first-order valence-corrected chi connectivity index (χ1v) is 11.9. The molecule has 2 aromatic carbocycles. The van der Waals surface area contributed by atoms with Crippen LogP contribution in [0.1, 0.15) is 10.4 Å². The summed E-state index contributed by atoms with van der Waals surface area (Å²) in [7, 11) is -6.96. The van der Waals surface area contributed by atoms with E-state index in [0.717, 1.165) is 29.6 Å². The second-order valence-corrected chi connectivity index (χ2v) is 10.2. The maximum Gasteiger partial charge on any atom is 0.340 e. The van der Waals surface area contributed by atoms with E-state index in [4.69, 9.17) is 9.88 Å². The number of ether oxygens (including phenoxy) is 1. The van der Waals surface area contributed by atoms with E-state index in [9.17, 15) is 30.4 Å². The average Bonchev–Trinajstić information content (AvgIpc) is 2.74. The molecule has 0 bridgehead atoms. The van der Waals surface area contributed by atoms with E-state index in [1.54, 1.807) is 4.90 Å². The lowest BCUT2D eigenvalue weighted by atomic mass is 10.1. The minimum absolute atomic E-state index is 0.00111. The van der Waals surface area contributed by atoms with Crippen molar-refractivity contribution in [2.75, 3.05) is 38.2 Å². The van der Waals surface area contributed by atoms with Gasteiger partial charge in [0.05, 0.1) is 28.2 Å². The first kappa shape index (κ1) is 23.1. The highest BCUT2D eigenvalue weighted by Gasteiger charge is 2.31. The SMILES string of the molecule is COC(=O)c1cc(S(N)(=O)=O)ccc1N1CCN(S(=O)(=O)c2ccc(F)c(F)c2)CC1. The Bertz CT molecular complexity index is 1230. The number of esters is 1. The molecule has 0 unspecified atom stereocenters. The van der Waals surface area contributed by atoms with E-state index < -0.39 is 37.7 Å². The van der Waals surface area contributed by atoms with Gasteiger partial charge in [-0.3, -0.25) is 0 Å². The van der Waals surface area contributed by atoms with Crippen LogP contribution in [0.4, 0.5) is 14.5 Å². The van der Waals surface area contributed by atoms with Crippen molar-refractivity contribution < 1.29 is 35.1 Å². The molecule has 1 aliphatic heterocycles. The second-order valence-electron chi connectivity index (χ2n) is 6.68. The van der Waals surface area contributed by atoms with Gasteiger partial charge >= 0.3 is 5.97 Å². The van der Waals surface area contributed by atoms with Gasteiger partial charge in [0.1, 0.15) is 0 Å². The summed E-state index contributed by atoms with van der Waals surface area (Å²) in [5, 5.41) is 5.12. The zero-order chi connectivity index (χ0) is 23.0. The number of hydrogen-bond donors (Lipinski definition) is 1. The Hall–Kier alpha value is -2.61. The van der Waals surface area contributed by atoms with Gasteiger partial charge in [-0.2, -0.15) is 4.31 Å². The van der Waals surface area contributed by atoms with E-state index in [1.807, 2.05) is 0 Å². The van der Waals surface area contributed by atoms with Gasteiger partial charge in [0.25, 0.3) is 0 Å². The normalized spacial score (nSPS) is 15.7. The van der Waals surface area contributed by atoms with Crippen molar-refractivity contribution in [2.24, 2.45) is 5.14 Å². The molecule has 2 aromatic rings. The summed E-state index contributed by atoms with van der Waals surface area (Å²) in [6, 6.07) is 6.09. The van der Waals surface area contributed by atoms with Crippen molar-refractivity contribution >= 4 is 31.7 Å². The van der Waals surface area contributed by atoms with Crippen molar-refractivity contribution in [2.45, 2.75) is 9.79 Å². The summed E-state index contributed by atoms with van der Waals surface area (Å²) in [4.78, 5) is 13.2. The standard InChI is InChI=1S/C18H19F2N3O6S2/c1-29-18(24)14-10-12(30(21,25)26)3-5-17(14)22-6-8-23(9-7-22)31(27,28)13-2-4-15(19)16(20)11-13/h2-5,10-11H,6-9H2,1H3,(H2,21,25,26). The van der Waals surface area contributed by atoms with Gasteiger partial charge in [-0.15, -0.1) is 0 Å². The van der Waals surface area contributed by atoms with Crippen LogP contribution in [0.3, 0.4) is 0 Å². The molecule has 1 aliphatic rings. The first-order chi connectivity index (χ1) is 14.4. The fourth-order valence-electron chi connectivity index (χ4n) is 3.20. The number of nitrogens with zero attached hydrogens (tertiary/aromatic N) is 2. The van der Waals surface area contributed by atoms with Crippen molar-refractivity contribution in [3.8, 4) is 0 Å². The Morgan fingerprint density at radius 1 is 0.935 bits per heavy atom. The third-order valence-electron chi connectivity index (χ3n) is 4.81. The van der Waals surface area contributed by atoms with Crippen molar-refractivity contribution in [3.05, 3.63) is 53.6 Å². The topological polar surface area (TPSA) is 127 Å². The number of methoxy groups -OCH3 is 1. The molecular formula is C18H19F2N3O6S2. The third kappa shape index (κ3) is 4.69. The molecule has 0 spiro atoms. The molecule has 0 aliphatic carbocycles. The number of piperazine rings is 1. The molecule has 0 atom stereocenters. The molecule has 31 heavy (non-hydrogen) atoms. The Labute approximate surface area is 178 Å². The summed E-state index contributed by atoms with van der Waals surface area (Å²) in [6.07, 6.45) is 0. The molecule has 0 aromatic heterocycles. The zero-order valence-corrected chi connectivity index (χ0v) is 17.9. The summed E-state index contributed by atoms with van der Waals surface area (Å²) >= 11 is 0. The Kier molecular flexibility index (Phi) is 6.32. The summed E-state index contributed by atoms with van der Waals surface area (Å²) in [5.74, 6) is -3.20. The number of nitrogens with two attached hydrogens (primary N) is 1. The minimum Gasteiger partial charge on any atom is -0.465 e. The van der Waals surface area contributed by atoms with Gasteiger partial charge in [0, 0.05) is 26.2 Å². The molecule has 168 valence electrons. The number of benzene rings is 2. The third-order valence-corrected chi connectivity index (χ3v) is 7.62. The fourth-order valence-corrected chi connectivity index (χ4v) is 5.17. The van der Waals surface area contributed by atoms with Gasteiger partial charge in [0.15, 0.2) is 11.6 Å². The maximum atomic E-state index is 13.5. The van der Waals surface area contributed by atoms with Gasteiger partial charge in [-0.1, -0.05) is 0 Å². The zero-order valence-electron chi connectivity index (χ0n) is 16.3. The van der Waals surface area contributed by atoms with E-state index in [-0.39, 0.29) is 41.5 Å². The van der Waals surface area contributed by atoms with Crippen LogP contribution < -0.4 is 10.0 Å². The molecule has 0 amide bonds. The lowest BCUT2D eigenvalue weighted by molar-refractivity contribution is 0.0601. The van der Waals surface area contributed by atoms with Crippen molar-refractivity contribution in [1.29, 1.82) is 0 Å². The quantitative estimate of drug-likeness (QED) is 0.637. The number of sulfonamides is 2. The van der Waals surface area contributed by atoms with Crippen LogP contribution in [-0.2, 0) is 24.8 Å². The van der Waals surface area contributed by atoms with Crippen LogP contribution in [0, 0.1) is 11.6 Å². The number of primary sulfonamides is 1. The van der Waals surface area contributed by atoms with Gasteiger partial charge in [-0.25, -0.2) is 35.5 Å². The molecular weight excluding hydrogens is 456 g/mol. The fraction of sp³-hybridized carbons (Fsp3) is 0.278. The number of halogens is 2. The lowest BCUT2D eigenvalue weighted by Gasteiger charge is -2.36. The molecule has 1 saturated heterocycles. The van der Waals surface area contributed by atoms with Crippen LogP contribution in [0.2, 0.25) is 0 Å². The van der Waals surface area contributed by atoms with Crippen LogP contribution in [0.25, 0.3) is 0 Å². The van der Waals surface area contributed by atoms with Gasteiger partial charge in [-0.05, 0) is 36.4 Å². The predicted molar refractivity (Wildman–Crippen MR) is 106 cm³/mol. The number of rotatable bonds is 5. The van der Waals surface area contributed by atoms with Crippen LogP contribution in [0.15, 0.2) is 46.2 Å². The molecule has 13 heteroatoms. The molecule has 3 rings (SSSR count). The van der Waals surface area contributed by atoms with Gasteiger partial charge < -0.3 is 9.64 Å². The van der Waals surface area contributed by atoms with E-state index in [1.165, 1.54) is 12.1 Å². The maximum absolute atomic E-state index is 13.5. The monoisotopic (exact) mass is 475 g/mol. The van der Waals surface area contributed by atoms with E-state index >= 15 is 0 Å².